The van der Waals surface area contributed by atoms with E-state index < -0.39 is 10.0 Å². The van der Waals surface area contributed by atoms with Crippen LogP contribution in [0.15, 0.2) is 23.1 Å². The third kappa shape index (κ3) is 2.09. The van der Waals surface area contributed by atoms with E-state index in [1.165, 1.54) is 0 Å². The molecule has 11 heavy (non-hydrogen) atoms. The zero-order valence-corrected chi connectivity index (χ0v) is 8.27. The fourth-order valence-electron chi connectivity index (χ4n) is 0.636. The van der Waals surface area contributed by atoms with Crippen molar-refractivity contribution >= 4 is 43.9 Å². The first-order chi connectivity index (χ1) is 5.13. The minimum Gasteiger partial charge on any atom is -0.237 e. The largest absolute Gasteiger partial charge is 0.237 e. The van der Waals surface area contributed by atoms with Crippen LogP contribution in [0.2, 0.25) is 10.0 Å². The van der Waals surface area contributed by atoms with Gasteiger partial charge in [0.1, 0.15) is 0 Å². The Hall–Kier alpha value is 0.240. The first kappa shape index (κ1) is 9.33. The van der Waals surface area contributed by atoms with Crippen LogP contribution in [0.25, 0.3) is 0 Å². The number of halogens is 3. The van der Waals surface area contributed by atoms with E-state index in [1.54, 1.807) is 18.2 Å². The number of rotatable bonds is 1. The SMILES string of the molecule is O=S(Cl)c1c(Cl)cccc1Cl. The van der Waals surface area contributed by atoms with Crippen molar-refractivity contribution < 1.29 is 4.21 Å². The van der Waals surface area contributed by atoms with Gasteiger partial charge in [-0.25, -0.2) is 4.21 Å². The van der Waals surface area contributed by atoms with Crippen molar-refractivity contribution in [3.05, 3.63) is 28.2 Å². The van der Waals surface area contributed by atoms with Crippen LogP contribution in [0.5, 0.6) is 0 Å². The Labute approximate surface area is 81.2 Å². The fraction of sp³-hybridized carbons (Fsp3) is 0. The van der Waals surface area contributed by atoms with E-state index >= 15 is 0 Å². The molecule has 0 bridgehead atoms. The third-order valence-electron chi connectivity index (χ3n) is 1.08. The summed E-state index contributed by atoms with van der Waals surface area (Å²) in [7, 11) is 3.67. The molecule has 0 spiro atoms. The molecule has 0 N–H and O–H groups in total. The van der Waals surface area contributed by atoms with Crippen LogP contribution >= 0.6 is 33.9 Å². The molecule has 0 saturated carbocycles. The van der Waals surface area contributed by atoms with Gasteiger partial charge in [0.2, 0.25) is 0 Å². The van der Waals surface area contributed by atoms with Crippen LogP contribution < -0.4 is 0 Å². The molecule has 0 aliphatic carbocycles. The zero-order valence-electron chi connectivity index (χ0n) is 5.18. The Balaban J connectivity index is 3.32. The minimum atomic E-state index is -1.64. The second kappa shape index (κ2) is 3.76. The van der Waals surface area contributed by atoms with Gasteiger partial charge in [-0.15, -0.1) is 0 Å². The van der Waals surface area contributed by atoms with Crippen molar-refractivity contribution in [1.29, 1.82) is 0 Å². The Bertz CT molecular complexity index is 280. The first-order valence-corrected chi connectivity index (χ1v) is 5.38. The molecule has 0 amide bonds. The maximum atomic E-state index is 10.8. The monoisotopic (exact) mass is 228 g/mol. The van der Waals surface area contributed by atoms with Crippen molar-refractivity contribution in [3.63, 3.8) is 0 Å². The van der Waals surface area contributed by atoms with Gasteiger partial charge in [-0.3, -0.25) is 0 Å². The molecular formula is C6H3Cl3OS. The van der Waals surface area contributed by atoms with Crippen LogP contribution in [0.1, 0.15) is 0 Å². The molecule has 60 valence electrons. The molecule has 1 unspecified atom stereocenters. The summed E-state index contributed by atoms with van der Waals surface area (Å²) in [5.41, 5.74) is 0. The van der Waals surface area contributed by atoms with E-state index in [4.69, 9.17) is 33.9 Å². The lowest BCUT2D eigenvalue weighted by molar-refractivity contribution is 0.691. The molecule has 1 aromatic rings. The Kier molecular flexibility index (Phi) is 3.19. The molecule has 1 rings (SSSR count). The molecule has 0 aliphatic heterocycles. The molecule has 0 radical (unpaired) electrons. The second-order valence-electron chi connectivity index (χ2n) is 1.77. The molecule has 1 aromatic carbocycles. The molecule has 0 saturated heterocycles. The third-order valence-corrected chi connectivity index (χ3v) is 3.16. The summed E-state index contributed by atoms with van der Waals surface area (Å²) < 4.78 is 10.8. The number of hydrogen-bond donors (Lipinski definition) is 0. The molecule has 0 aromatic heterocycles. The Morgan fingerprint density at radius 2 is 1.64 bits per heavy atom. The number of hydrogen-bond acceptors (Lipinski definition) is 1. The van der Waals surface area contributed by atoms with E-state index in [9.17, 15) is 4.21 Å². The normalized spacial score (nSPS) is 13.0. The van der Waals surface area contributed by atoms with E-state index in [0.29, 0.717) is 10.0 Å². The van der Waals surface area contributed by atoms with Crippen molar-refractivity contribution in [1.82, 2.24) is 0 Å². The highest BCUT2D eigenvalue weighted by Crippen LogP contribution is 2.28. The highest BCUT2D eigenvalue weighted by atomic mass is 35.7. The lowest BCUT2D eigenvalue weighted by Gasteiger charge is -1.99. The van der Waals surface area contributed by atoms with Crippen LogP contribution in [0.4, 0.5) is 0 Å². The van der Waals surface area contributed by atoms with Gasteiger partial charge in [-0.2, -0.15) is 0 Å². The smallest absolute Gasteiger partial charge is 0.150 e. The highest BCUT2D eigenvalue weighted by molar-refractivity contribution is 8.08. The summed E-state index contributed by atoms with van der Waals surface area (Å²) in [4.78, 5) is 0.275. The van der Waals surface area contributed by atoms with Crippen molar-refractivity contribution in [3.8, 4) is 0 Å². The Morgan fingerprint density at radius 1 is 1.18 bits per heavy atom. The van der Waals surface area contributed by atoms with Crippen molar-refractivity contribution in [2.45, 2.75) is 4.90 Å². The van der Waals surface area contributed by atoms with Crippen molar-refractivity contribution in [2.75, 3.05) is 0 Å². The average molecular weight is 230 g/mol. The summed E-state index contributed by atoms with van der Waals surface area (Å²) in [5.74, 6) is 0. The quantitative estimate of drug-likeness (QED) is 0.676. The second-order valence-corrected chi connectivity index (χ2v) is 4.28. The summed E-state index contributed by atoms with van der Waals surface area (Å²) in [6.07, 6.45) is 0. The van der Waals surface area contributed by atoms with Gasteiger partial charge in [-0.1, -0.05) is 29.3 Å². The summed E-state index contributed by atoms with van der Waals surface area (Å²) in [6.45, 7) is 0. The van der Waals surface area contributed by atoms with E-state index in [-0.39, 0.29) is 4.90 Å². The lowest BCUT2D eigenvalue weighted by Crippen LogP contribution is -1.84. The van der Waals surface area contributed by atoms with E-state index in [0.717, 1.165) is 0 Å². The van der Waals surface area contributed by atoms with E-state index in [1.807, 2.05) is 0 Å². The van der Waals surface area contributed by atoms with E-state index in [2.05, 4.69) is 0 Å². The minimum absolute atomic E-state index is 0.275. The summed E-state index contributed by atoms with van der Waals surface area (Å²) >= 11 is 11.3. The predicted molar refractivity (Wildman–Crippen MR) is 48.7 cm³/mol. The molecular weight excluding hydrogens is 226 g/mol. The Morgan fingerprint density at radius 3 is 1.91 bits per heavy atom. The van der Waals surface area contributed by atoms with Gasteiger partial charge in [0.25, 0.3) is 0 Å². The maximum absolute atomic E-state index is 10.8. The zero-order chi connectivity index (χ0) is 8.43. The topological polar surface area (TPSA) is 17.1 Å². The van der Waals surface area contributed by atoms with Crippen LogP contribution in [-0.4, -0.2) is 4.21 Å². The van der Waals surface area contributed by atoms with Gasteiger partial charge in [0.15, 0.2) is 10.0 Å². The molecule has 5 heteroatoms. The van der Waals surface area contributed by atoms with Crippen LogP contribution in [0.3, 0.4) is 0 Å². The fourth-order valence-corrected chi connectivity index (χ4v) is 2.63. The number of benzene rings is 1. The van der Waals surface area contributed by atoms with Crippen LogP contribution in [-0.2, 0) is 10.0 Å². The van der Waals surface area contributed by atoms with Crippen LogP contribution in [0, 0.1) is 0 Å². The van der Waals surface area contributed by atoms with Crippen molar-refractivity contribution in [2.24, 2.45) is 0 Å². The predicted octanol–water partition coefficient (Wildman–Crippen LogP) is 3.25. The maximum Gasteiger partial charge on any atom is 0.150 e. The van der Waals surface area contributed by atoms with Gasteiger partial charge < -0.3 is 0 Å². The summed E-state index contributed by atoms with van der Waals surface area (Å²) in [5, 5.41) is 0.650. The van der Waals surface area contributed by atoms with Gasteiger partial charge in [-0.05, 0) is 22.8 Å². The molecule has 0 fully saturated rings. The first-order valence-electron chi connectivity index (χ1n) is 2.65. The van der Waals surface area contributed by atoms with Gasteiger partial charge >= 0.3 is 0 Å². The molecule has 1 nitrogen and oxygen atoms in total. The summed E-state index contributed by atoms with van der Waals surface area (Å²) in [6, 6.07) is 4.84. The average Bonchev–Trinajstić information content (AvgIpc) is 1.85. The molecule has 0 heterocycles. The van der Waals surface area contributed by atoms with Gasteiger partial charge in [0.05, 0.1) is 14.9 Å². The lowest BCUT2D eigenvalue weighted by atomic mass is 10.4. The van der Waals surface area contributed by atoms with Gasteiger partial charge in [0, 0.05) is 0 Å². The standard InChI is InChI=1S/C6H3Cl3OS/c7-4-2-1-3-5(8)6(4)11(9)10/h1-3H. The molecule has 1 atom stereocenters. The highest BCUT2D eigenvalue weighted by Gasteiger charge is 2.09. The molecule has 0 aliphatic rings.